The van der Waals surface area contributed by atoms with E-state index in [2.05, 4.69) is 4.99 Å². The molecule has 0 bridgehead atoms. The minimum atomic E-state index is -0.895. The maximum absolute atomic E-state index is 10.3. The number of nitrogens with zero attached hydrogens (tertiary/aromatic N) is 1. The van der Waals surface area contributed by atoms with Gasteiger partial charge in [-0.2, -0.15) is 0 Å². The van der Waals surface area contributed by atoms with Gasteiger partial charge < -0.3 is 15.9 Å². The van der Waals surface area contributed by atoms with Crippen LogP contribution in [0.2, 0.25) is 0 Å². The molecule has 0 radical (unpaired) electrons. The van der Waals surface area contributed by atoms with E-state index in [1.165, 1.54) is 11.8 Å². The predicted molar refractivity (Wildman–Crippen MR) is 55.6 cm³/mol. The number of aliphatic hydroxyl groups is 1. The largest absolute Gasteiger partial charge is 0.481 e. The third-order valence-electron chi connectivity index (χ3n) is 1.96. The number of aliphatic hydroxyl groups excluding tert-OH is 1. The summed E-state index contributed by atoms with van der Waals surface area (Å²) in [6.45, 7) is 0.711. The van der Waals surface area contributed by atoms with Gasteiger partial charge >= 0.3 is 5.97 Å². The third kappa shape index (κ3) is 3.28. The van der Waals surface area contributed by atoms with Crippen LogP contribution < -0.4 is 5.73 Å². The number of carbonyl (C=O) groups is 1. The van der Waals surface area contributed by atoms with Gasteiger partial charge in [-0.25, -0.2) is 0 Å². The van der Waals surface area contributed by atoms with E-state index in [0.717, 1.165) is 5.75 Å². The maximum Gasteiger partial charge on any atom is 0.303 e. The average Bonchev–Trinajstić information content (AvgIpc) is 2.65. The van der Waals surface area contributed by atoms with Crippen molar-refractivity contribution in [3.05, 3.63) is 0 Å². The highest BCUT2D eigenvalue weighted by Crippen LogP contribution is 2.17. The van der Waals surface area contributed by atoms with Crippen LogP contribution in [0.4, 0.5) is 0 Å². The lowest BCUT2D eigenvalue weighted by atomic mass is 10.1. The minimum Gasteiger partial charge on any atom is -0.481 e. The number of thioether (sulfide) groups is 1. The number of hydrogen-bond acceptors (Lipinski definition) is 5. The highest BCUT2D eigenvalue weighted by Gasteiger charge is 2.23. The lowest BCUT2D eigenvalue weighted by molar-refractivity contribution is -0.137. The van der Waals surface area contributed by atoms with Crippen LogP contribution in [0.15, 0.2) is 4.99 Å². The normalized spacial score (nSPS) is 20.3. The summed E-state index contributed by atoms with van der Waals surface area (Å²) >= 11 is 1.49. The fourth-order valence-corrected chi connectivity index (χ4v) is 2.08. The predicted octanol–water partition coefficient (Wildman–Crippen LogP) is -0.315. The molecule has 0 spiro atoms. The number of hydrogen-bond donors (Lipinski definition) is 3. The number of aliphatic imine (C=N–C) groups is 1. The molecule has 2 atom stereocenters. The SMILES string of the molecule is N[C@@H](CCC(=O)O)C(O)C1=NCCS1. The van der Waals surface area contributed by atoms with Crippen LogP contribution in [-0.4, -0.2) is 45.7 Å². The molecule has 6 heteroatoms. The van der Waals surface area contributed by atoms with Crippen molar-refractivity contribution in [2.45, 2.75) is 25.0 Å². The molecule has 80 valence electrons. The Hall–Kier alpha value is -0.590. The van der Waals surface area contributed by atoms with E-state index in [1.807, 2.05) is 0 Å². The van der Waals surface area contributed by atoms with Crippen molar-refractivity contribution in [1.29, 1.82) is 0 Å². The molecule has 0 aromatic rings. The first kappa shape index (κ1) is 11.5. The Morgan fingerprint density at radius 2 is 2.43 bits per heavy atom. The molecule has 0 fully saturated rings. The quantitative estimate of drug-likeness (QED) is 0.588. The second-order valence-electron chi connectivity index (χ2n) is 3.11. The van der Waals surface area contributed by atoms with Gasteiger partial charge in [-0.05, 0) is 6.42 Å². The number of aliphatic carboxylic acids is 1. The van der Waals surface area contributed by atoms with Crippen molar-refractivity contribution in [1.82, 2.24) is 0 Å². The highest BCUT2D eigenvalue weighted by atomic mass is 32.2. The molecule has 1 rings (SSSR count). The van der Waals surface area contributed by atoms with Crippen molar-refractivity contribution >= 4 is 22.8 Å². The zero-order valence-electron chi connectivity index (χ0n) is 7.72. The van der Waals surface area contributed by atoms with Crippen LogP contribution >= 0.6 is 11.8 Å². The smallest absolute Gasteiger partial charge is 0.303 e. The zero-order valence-corrected chi connectivity index (χ0v) is 8.54. The Morgan fingerprint density at radius 1 is 1.71 bits per heavy atom. The monoisotopic (exact) mass is 218 g/mol. The van der Waals surface area contributed by atoms with Gasteiger partial charge in [0.15, 0.2) is 0 Å². The summed E-state index contributed by atoms with van der Waals surface area (Å²) in [6, 6.07) is -0.532. The van der Waals surface area contributed by atoms with Crippen LogP contribution in [0.25, 0.3) is 0 Å². The second-order valence-corrected chi connectivity index (χ2v) is 4.22. The van der Waals surface area contributed by atoms with Crippen molar-refractivity contribution in [2.75, 3.05) is 12.3 Å². The first-order valence-electron chi connectivity index (χ1n) is 4.44. The molecule has 0 saturated carbocycles. The van der Waals surface area contributed by atoms with Gasteiger partial charge in [-0.15, -0.1) is 11.8 Å². The Kier molecular flexibility index (Phi) is 4.37. The summed E-state index contributed by atoms with van der Waals surface area (Å²) in [5.41, 5.74) is 5.64. The Bertz CT molecular complexity index is 245. The van der Waals surface area contributed by atoms with E-state index < -0.39 is 18.1 Å². The highest BCUT2D eigenvalue weighted by molar-refractivity contribution is 8.14. The van der Waals surface area contributed by atoms with Gasteiger partial charge in [0, 0.05) is 24.8 Å². The van der Waals surface area contributed by atoms with E-state index in [0.29, 0.717) is 11.6 Å². The Morgan fingerprint density at radius 3 is 2.93 bits per heavy atom. The molecule has 0 aromatic carbocycles. The molecule has 5 nitrogen and oxygen atoms in total. The Balaban J connectivity index is 2.35. The third-order valence-corrected chi connectivity index (χ3v) is 3.01. The van der Waals surface area contributed by atoms with Crippen molar-refractivity contribution in [3.63, 3.8) is 0 Å². The second kappa shape index (κ2) is 5.33. The van der Waals surface area contributed by atoms with Crippen LogP contribution in [0.1, 0.15) is 12.8 Å². The maximum atomic E-state index is 10.3. The molecule has 0 saturated heterocycles. The first-order valence-corrected chi connectivity index (χ1v) is 5.42. The van der Waals surface area contributed by atoms with Gasteiger partial charge in [0.1, 0.15) is 6.10 Å². The summed E-state index contributed by atoms with van der Waals surface area (Å²) in [5.74, 6) is -0.0217. The van der Waals surface area contributed by atoms with Gasteiger partial charge in [0.25, 0.3) is 0 Å². The summed E-state index contributed by atoms with van der Waals surface area (Å²) in [6.07, 6.45) is -0.548. The van der Waals surface area contributed by atoms with E-state index >= 15 is 0 Å². The van der Waals surface area contributed by atoms with Crippen LogP contribution in [-0.2, 0) is 4.79 Å². The lowest BCUT2D eigenvalue weighted by Crippen LogP contribution is -2.39. The van der Waals surface area contributed by atoms with Crippen molar-refractivity contribution < 1.29 is 15.0 Å². The molecule has 4 N–H and O–H groups in total. The topological polar surface area (TPSA) is 95.9 Å². The van der Waals surface area contributed by atoms with E-state index in [9.17, 15) is 9.90 Å². The first-order chi connectivity index (χ1) is 6.61. The van der Waals surface area contributed by atoms with Crippen LogP contribution in [0.3, 0.4) is 0 Å². The van der Waals surface area contributed by atoms with E-state index in [1.54, 1.807) is 0 Å². The molecular formula is C8H14N2O3S. The number of carboxylic acids is 1. The molecule has 0 aliphatic carbocycles. The lowest BCUT2D eigenvalue weighted by Gasteiger charge is -2.17. The van der Waals surface area contributed by atoms with Gasteiger partial charge in [-0.3, -0.25) is 9.79 Å². The van der Waals surface area contributed by atoms with E-state index in [4.69, 9.17) is 10.8 Å². The average molecular weight is 218 g/mol. The molecular weight excluding hydrogens is 204 g/mol. The summed E-state index contributed by atoms with van der Waals surface area (Å²) in [4.78, 5) is 14.4. The number of nitrogens with two attached hydrogens (primary N) is 1. The number of rotatable bonds is 5. The summed E-state index contributed by atoms with van der Waals surface area (Å²) < 4.78 is 0. The molecule has 1 heterocycles. The molecule has 14 heavy (non-hydrogen) atoms. The van der Waals surface area contributed by atoms with Gasteiger partial charge in [0.05, 0.1) is 5.04 Å². The van der Waals surface area contributed by atoms with Crippen LogP contribution in [0, 0.1) is 0 Å². The minimum absolute atomic E-state index is 0.0177. The molecule has 1 aliphatic heterocycles. The van der Waals surface area contributed by atoms with Crippen LogP contribution in [0.5, 0.6) is 0 Å². The molecule has 0 amide bonds. The fourth-order valence-electron chi connectivity index (χ4n) is 1.16. The van der Waals surface area contributed by atoms with Gasteiger partial charge in [0.2, 0.25) is 0 Å². The summed E-state index contributed by atoms with van der Waals surface area (Å²) in [5, 5.41) is 18.7. The summed E-state index contributed by atoms with van der Waals surface area (Å²) in [7, 11) is 0. The molecule has 0 aromatic heterocycles. The Labute approximate surface area is 86.4 Å². The number of carboxylic acid groups (broad SMARTS) is 1. The van der Waals surface area contributed by atoms with Gasteiger partial charge in [-0.1, -0.05) is 0 Å². The zero-order chi connectivity index (χ0) is 10.6. The molecule has 1 aliphatic rings. The van der Waals surface area contributed by atoms with Crippen molar-refractivity contribution in [3.8, 4) is 0 Å². The standard InChI is InChI=1S/C8H14N2O3S/c9-5(1-2-6(11)12)7(13)8-10-3-4-14-8/h5,7,13H,1-4,9H2,(H,11,12)/t5-,7?/m0/s1. The fraction of sp³-hybridized carbons (Fsp3) is 0.750. The van der Waals surface area contributed by atoms with E-state index in [-0.39, 0.29) is 12.8 Å². The van der Waals surface area contributed by atoms with Crippen molar-refractivity contribution in [2.24, 2.45) is 10.7 Å². The molecule has 1 unspecified atom stereocenters.